The third-order valence-electron chi connectivity index (χ3n) is 5.22. The summed E-state index contributed by atoms with van der Waals surface area (Å²) in [6.45, 7) is 2.31. The van der Waals surface area contributed by atoms with Crippen LogP contribution in [0.25, 0.3) is 0 Å². The Labute approximate surface area is 199 Å². The van der Waals surface area contributed by atoms with Gasteiger partial charge in [-0.2, -0.15) is 0 Å². The molecular weight excluding hydrogens is 471 g/mol. The summed E-state index contributed by atoms with van der Waals surface area (Å²) in [4.78, 5) is 18.5. The molecule has 172 valence electrons. The molecule has 1 heterocycles. The molecule has 2 aromatic carbocycles. The van der Waals surface area contributed by atoms with Gasteiger partial charge in [-0.1, -0.05) is 53.5 Å². The molecule has 1 N–H and O–H groups in total. The van der Waals surface area contributed by atoms with Gasteiger partial charge in [-0.15, -0.1) is 0 Å². The minimum Gasteiger partial charge on any atom is -0.368 e. The van der Waals surface area contributed by atoms with Crippen LogP contribution in [0.15, 0.2) is 52.4 Å². The topological polar surface area (TPSA) is 82.1 Å². The van der Waals surface area contributed by atoms with Crippen molar-refractivity contribution in [3.8, 4) is 0 Å². The molecule has 3 rings (SSSR count). The van der Waals surface area contributed by atoms with E-state index in [9.17, 15) is 13.2 Å². The summed E-state index contributed by atoms with van der Waals surface area (Å²) in [5, 5.41) is 3.41. The summed E-state index contributed by atoms with van der Waals surface area (Å²) in [7, 11) is -0.588. The number of halogens is 2. The number of carbonyl (C=O) groups is 1. The van der Waals surface area contributed by atoms with Crippen LogP contribution in [0.5, 0.6) is 0 Å². The molecule has 0 radical (unpaired) electrons. The van der Waals surface area contributed by atoms with Crippen molar-refractivity contribution in [2.75, 3.05) is 33.7 Å². The van der Waals surface area contributed by atoms with Gasteiger partial charge in [0.15, 0.2) is 0 Å². The Morgan fingerprint density at radius 2 is 1.84 bits per heavy atom. The summed E-state index contributed by atoms with van der Waals surface area (Å²) in [6, 6.07) is 12.4. The lowest BCUT2D eigenvalue weighted by Gasteiger charge is -2.20. The van der Waals surface area contributed by atoms with Crippen molar-refractivity contribution in [3.05, 3.63) is 63.6 Å². The molecule has 0 spiro atoms. The Morgan fingerprint density at radius 3 is 2.50 bits per heavy atom. The standard InChI is InChI=1S/C22H26Cl2N4O3S/c1-27(15-16-8-10-17(11-9-16)22-25-12-13-26-22)20(29)7-4-14-28(2)32(30,31)19-6-3-5-18(23)21(19)24/h3,5-6,8-11H,4,7,12-15H2,1-2H3,(H,25,26). The molecule has 32 heavy (non-hydrogen) atoms. The van der Waals surface area contributed by atoms with E-state index < -0.39 is 10.0 Å². The first-order chi connectivity index (χ1) is 15.2. The Balaban J connectivity index is 1.50. The van der Waals surface area contributed by atoms with Crippen LogP contribution in [0, 0.1) is 0 Å². The van der Waals surface area contributed by atoms with Crippen molar-refractivity contribution in [2.45, 2.75) is 24.3 Å². The SMILES string of the molecule is CN(Cc1ccc(C2=NCCN2)cc1)C(=O)CCCN(C)S(=O)(=O)c1cccc(Cl)c1Cl. The van der Waals surface area contributed by atoms with Crippen molar-refractivity contribution in [1.82, 2.24) is 14.5 Å². The smallest absolute Gasteiger partial charge is 0.244 e. The molecule has 1 aliphatic rings. The van der Waals surface area contributed by atoms with Crippen molar-refractivity contribution in [2.24, 2.45) is 4.99 Å². The quantitative estimate of drug-likeness (QED) is 0.576. The Hall–Kier alpha value is -2.13. The zero-order chi connectivity index (χ0) is 23.3. The monoisotopic (exact) mass is 496 g/mol. The van der Waals surface area contributed by atoms with Gasteiger partial charge in [-0.25, -0.2) is 12.7 Å². The number of amidine groups is 1. The van der Waals surface area contributed by atoms with Gasteiger partial charge in [-0.3, -0.25) is 9.79 Å². The highest BCUT2D eigenvalue weighted by Gasteiger charge is 2.24. The maximum Gasteiger partial charge on any atom is 0.244 e. The van der Waals surface area contributed by atoms with Gasteiger partial charge in [-0.05, 0) is 24.1 Å². The Bertz CT molecular complexity index is 1100. The lowest BCUT2D eigenvalue weighted by molar-refractivity contribution is -0.130. The number of hydrogen-bond acceptors (Lipinski definition) is 5. The molecule has 7 nitrogen and oxygen atoms in total. The van der Waals surface area contributed by atoms with Crippen LogP contribution in [0.3, 0.4) is 0 Å². The number of nitrogens with one attached hydrogen (secondary N) is 1. The molecule has 0 atom stereocenters. The number of sulfonamides is 1. The zero-order valence-corrected chi connectivity index (χ0v) is 20.3. The molecular formula is C22H26Cl2N4O3S. The predicted molar refractivity (Wildman–Crippen MR) is 128 cm³/mol. The van der Waals surface area contributed by atoms with E-state index in [4.69, 9.17) is 23.2 Å². The molecule has 0 aromatic heterocycles. The minimum atomic E-state index is -3.79. The predicted octanol–water partition coefficient (Wildman–Crippen LogP) is 3.40. The molecule has 0 unspecified atom stereocenters. The molecule has 1 aliphatic heterocycles. The number of rotatable bonds is 9. The number of carbonyl (C=O) groups excluding carboxylic acids is 1. The summed E-state index contributed by atoms with van der Waals surface area (Å²) in [5.74, 6) is 0.849. The van der Waals surface area contributed by atoms with E-state index in [0.29, 0.717) is 13.0 Å². The molecule has 0 bridgehead atoms. The second kappa shape index (κ2) is 10.7. The first-order valence-electron chi connectivity index (χ1n) is 10.2. The second-order valence-corrected chi connectivity index (χ2v) is 10.4. The van der Waals surface area contributed by atoms with E-state index in [-0.39, 0.29) is 33.8 Å². The summed E-state index contributed by atoms with van der Waals surface area (Å²) in [5.41, 5.74) is 2.04. The van der Waals surface area contributed by atoms with Gasteiger partial charge in [0.25, 0.3) is 0 Å². The normalized spacial score (nSPS) is 13.7. The molecule has 1 amide bonds. The van der Waals surface area contributed by atoms with Crippen LogP contribution in [0.1, 0.15) is 24.0 Å². The minimum absolute atomic E-state index is 0.00127. The maximum absolute atomic E-state index is 12.8. The third-order valence-corrected chi connectivity index (χ3v) is 8.05. The summed E-state index contributed by atoms with van der Waals surface area (Å²) < 4.78 is 26.7. The maximum atomic E-state index is 12.8. The Kier molecular flexibility index (Phi) is 8.16. The first kappa shape index (κ1) is 24.5. The van der Waals surface area contributed by atoms with Crippen LogP contribution in [0.2, 0.25) is 10.0 Å². The van der Waals surface area contributed by atoms with Crippen LogP contribution < -0.4 is 5.32 Å². The highest BCUT2D eigenvalue weighted by Crippen LogP contribution is 2.30. The van der Waals surface area contributed by atoms with Gasteiger partial charge in [0, 0.05) is 45.7 Å². The van der Waals surface area contributed by atoms with E-state index in [1.807, 2.05) is 24.3 Å². The van der Waals surface area contributed by atoms with Gasteiger partial charge >= 0.3 is 0 Å². The molecule has 10 heteroatoms. The molecule has 0 saturated heterocycles. The molecule has 0 fully saturated rings. The fourth-order valence-corrected chi connectivity index (χ4v) is 5.28. The first-order valence-corrected chi connectivity index (χ1v) is 12.4. The lowest BCUT2D eigenvalue weighted by atomic mass is 10.1. The van der Waals surface area contributed by atoms with Crippen LogP contribution in [-0.2, 0) is 21.4 Å². The second-order valence-electron chi connectivity index (χ2n) is 7.59. The average Bonchev–Trinajstić information content (AvgIpc) is 3.30. The fourth-order valence-electron chi connectivity index (χ4n) is 3.34. The molecule has 0 saturated carbocycles. The van der Waals surface area contributed by atoms with Crippen LogP contribution in [-0.4, -0.2) is 63.1 Å². The van der Waals surface area contributed by atoms with Gasteiger partial charge < -0.3 is 10.2 Å². The van der Waals surface area contributed by atoms with Crippen molar-refractivity contribution in [3.63, 3.8) is 0 Å². The van der Waals surface area contributed by atoms with E-state index in [0.717, 1.165) is 30.1 Å². The third kappa shape index (κ3) is 5.81. The average molecular weight is 497 g/mol. The summed E-state index contributed by atoms with van der Waals surface area (Å²) >= 11 is 12.0. The van der Waals surface area contributed by atoms with Crippen molar-refractivity contribution < 1.29 is 13.2 Å². The van der Waals surface area contributed by atoms with Crippen molar-refractivity contribution >= 4 is 45.0 Å². The van der Waals surface area contributed by atoms with E-state index in [1.165, 1.54) is 29.6 Å². The number of amides is 1. The number of nitrogens with zero attached hydrogens (tertiary/aromatic N) is 3. The highest BCUT2D eigenvalue weighted by atomic mass is 35.5. The van der Waals surface area contributed by atoms with E-state index >= 15 is 0 Å². The Morgan fingerprint density at radius 1 is 1.12 bits per heavy atom. The van der Waals surface area contributed by atoms with Gasteiger partial charge in [0.05, 0.1) is 16.6 Å². The van der Waals surface area contributed by atoms with Crippen molar-refractivity contribution in [1.29, 1.82) is 0 Å². The van der Waals surface area contributed by atoms with Gasteiger partial charge in [0.2, 0.25) is 15.9 Å². The highest BCUT2D eigenvalue weighted by molar-refractivity contribution is 7.89. The fraction of sp³-hybridized carbons (Fsp3) is 0.364. The molecule has 0 aliphatic carbocycles. The van der Waals surface area contributed by atoms with E-state index in [2.05, 4.69) is 10.3 Å². The summed E-state index contributed by atoms with van der Waals surface area (Å²) in [6.07, 6.45) is 0.625. The number of aliphatic imine (C=N–C) groups is 1. The number of hydrogen-bond donors (Lipinski definition) is 1. The van der Waals surface area contributed by atoms with E-state index in [1.54, 1.807) is 11.9 Å². The van der Waals surface area contributed by atoms with Crippen LogP contribution >= 0.6 is 23.2 Å². The number of benzene rings is 2. The van der Waals surface area contributed by atoms with Crippen LogP contribution in [0.4, 0.5) is 0 Å². The molecule has 2 aromatic rings. The van der Waals surface area contributed by atoms with Gasteiger partial charge in [0.1, 0.15) is 10.7 Å². The largest absolute Gasteiger partial charge is 0.368 e. The lowest BCUT2D eigenvalue weighted by Crippen LogP contribution is -2.30. The zero-order valence-electron chi connectivity index (χ0n) is 18.0.